The summed E-state index contributed by atoms with van der Waals surface area (Å²) in [5.74, 6) is -0.411. The highest BCUT2D eigenvalue weighted by Crippen LogP contribution is 2.25. The van der Waals surface area contributed by atoms with Crippen LogP contribution in [-0.4, -0.2) is 39.5 Å². The summed E-state index contributed by atoms with van der Waals surface area (Å²) in [5, 5.41) is 0. The molecule has 118 valence electrons. The number of nitrogen functional groups attached to an aromatic ring is 1. The third-order valence-corrected chi connectivity index (χ3v) is 5.72. The zero-order chi connectivity index (χ0) is 15.6. The lowest BCUT2D eigenvalue weighted by atomic mass is 10.0. The average molecular weight is 316 g/mol. The zero-order valence-electron chi connectivity index (χ0n) is 12.3. The van der Waals surface area contributed by atoms with E-state index in [1.165, 1.54) is 17.4 Å². The summed E-state index contributed by atoms with van der Waals surface area (Å²) >= 11 is 0. The second-order valence-corrected chi connectivity index (χ2v) is 7.52. The van der Waals surface area contributed by atoms with Crippen molar-refractivity contribution in [1.82, 2.24) is 4.31 Å². The Kier molecular flexibility index (Phi) is 4.85. The van der Waals surface area contributed by atoms with Gasteiger partial charge in [0.25, 0.3) is 0 Å². The molecule has 0 radical (unpaired) electrons. The number of nitrogens with zero attached hydrogens (tertiary/aromatic N) is 1. The Morgan fingerprint density at radius 2 is 2.19 bits per heavy atom. The molecule has 21 heavy (non-hydrogen) atoms. The molecule has 1 fully saturated rings. The molecule has 1 aromatic rings. The van der Waals surface area contributed by atoms with Gasteiger partial charge in [0, 0.05) is 20.2 Å². The molecule has 1 aromatic carbocycles. The van der Waals surface area contributed by atoms with Crippen molar-refractivity contribution in [2.75, 3.05) is 32.5 Å². The van der Waals surface area contributed by atoms with E-state index in [4.69, 9.17) is 10.5 Å². The maximum absolute atomic E-state index is 13.4. The topological polar surface area (TPSA) is 72.6 Å². The fraction of sp³-hybridized carbons (Fsp3) is 0.571. The van der Waals surface area contributed by atoms with Gasteiger partial charge in [0.15, 0.2) is 0 Å². The van der Waals surface area contributed by atoms with Gasteiger partial charge in [0.2, 0.25) is 10.0 Å². The Bertz CT molecular complexity index is 613. The van der Waals surface area contributed by atoms with Crippen LogP contribution < -0.4 is 5.73 Å². The molecule has 0 spiro atoms. The number of sulfonamides is 1. The van der Waals surface area contributed by atoms with Crippen molar-refractivity contribution in [2.24, 2.45) is 5.92 Å². The van der Waals surface area contributed by atoms with Crippen LogP contribution in [0.3, 0.4) is 0 Å². The first-order valence-electron chi connectivity index (χ1n) is 6.92. The standard InChI is InChI=1S/C14H21FN2O3S/c1-10-6-12(15)13(16)7-14(10)21(18,19)17(2)8-11-4-3-5-20-9-11/h6-7,11H,3-5,8-9,16H2,1-2H3. The van der Waals surface area contributed by atoms with Gasteiger partial charge in [-0.05, 0) is 43.4 Å². The van der Waals surface area contributed by atoms with Crippen LogP contribution in [0.25, 0.3) is 0 Å². The van der Waals surface area contributed by atoms with Crippen molar-refractivity contribution in [1.29, 1.82) is 0 Å². The minimum absolute atomic E-state index is 0.0561. The fourth-order valence-corrected chi connectivity index (χ4v) is 4.01. The molecule has 1 heterocycles. The number of halogens is 1. The van der Waals surface area contributed by atoms with Crippen molar-refractivity contribution in [3.8, 4) is 0 Å². The van der Waals surface area contributed by atoms with E-state index < -0.39 is 15.8 Å². The van der Waals surface area contributed by atoms with Gasteiger partial charge in [-0.2, -0.15) is 0 Å². The number of anilines is 1. The van der Waals surface area contributed by atoms with Gasteiger partial charge < -0.3 is 10.5 Å². The Morgan fingerprint density at radius 3 is 2.81 bits per heavy atom. The van der Waals surface area contributed by atoms with E-state index in [1.54, 1.807) is 6.92 Å². The van der Waals surface area contributed by atoms with E-state index in [0.29, 0.717) is 18.7 Å². The minimum atomic E-state index is -3.68. The summed E-state index contributed by atoms with van der Waals surface area (Å²) in [6, 6.07) is 2.34. The third-order valence-electron chi connectivity index (χ3n) is 3.75. The van der Waals surface area contributed by atoms with Crippen molar-refractivity contribution < 1.29 is 17.5 Å². The highest BCUT2D eigenvalue weighted by atomic mass is 32.2. The van der Waals surface area contributed by atoms with Crippen molar-refractivity contribution in [3.05, 3.63) is 23.5 Å². The lowest BCUT2D eigenvalue weighted by Gasteiger charge is -2.27. The number of rotatable bonds is 4. The van der Waals surface area contributed by atoms with Gasteiger partial charge in [-0.15, -0.1) is 0 Å². The third kappa shape index (κ3) is 3.53. The monoisotopic (exact) mass is 316 g/mol. The second-order valence-electron chi connectivity index (χ2n) is 5.51. The summed E-state index contributed by atoms with van der Waals surface area (Å²) in [6.45, 7) is 3.26. The van der Waals surface area contributed by atoms with Crippen molar-refractivity contribution in [2.45, 2.75) is 24.7 Å². The van der Waals surface area contributed by atoms with E-state index in [0.717, 1.165) is 25.5 Å². The predicted molar refractivity (Wildman–Crippen MR) is 78.9 cm³/mol. The van der Waals surface area contributed by atoms with Crippen LogP contribution in [0.5, 0.6) is 0 Å². The Labute approximate surface area is 124 Å². The van der Waals surface area contributed by atoms with E-state index in [2.05, 4.69) is 0 Å². The molecule has 1 aliphatic heterocycles. The van der Waals surface area contributed by atoms with E-state index >= 15 is 0 Å². The van der Waals surface area contributed by atoms with Crippen LogP contribution in [0.2, 0.25) is 0 Å². The first kappa shape index (κ1) is 16.2. The van der Waals surface area contributed by atoms with E-state index in [9.17, 15) is 12.8 Å². The molecule has 0 amide bonds. The molecular weight excluding hydrogens is 295 g/mol. The second kappa shape index (κ2) is 6.29. The summed E-state index contributed by atoms with van der Waals surface area (Å²) < 4.78 is 45.2. The first-order chi connectivity index (χ1) is 9.82. The SMILES string of the molecule is Cc1cc(F)c(N)cc1S(=O)(=O)N(C)CC1CCCOC1. The Hall–Kier alpha value is -1.18. The van der Waals surface area contributed by atoms with Crippen LogP contribution in [0.1, 0.15) is 18.4 Å². The molecule has 1 saturated heterocycles. The maximum Gasteiger partial charge on any atom is 0.243 e. The molecule has 0 saturated carbocycles. The van der Waals surface area contributed by atoms with Crippen molar-refractivity contribution >= 4 is 15.7 Å². The molecule has 2 N–H and O–H groups in total. The van der Waals surface area contributed by atoms with Gasteiger partial charge in [-0.1, -0.05) is 0 Å². The lowest BCUT2D eigenvalue weighted by Crippen LogP contribution is -2.35. The molecule has 1 aliphatic rings. The smallest absolute Gasteiger partial charge is 0.243 e. The van der Waals surface area contributed by atoms with Gasteiger partial charge in [0.1, 0.15) is 5.82 Å². The summed E-state index contributed by atoms with van der Waals surface area (Å²) in [7, 11) is -2.15. The van der Waals surface area contributed by atoms with Crippen LogP contribution in [-0.2, 0) is 14.8 Å². The highest BCUT2D eigenvalue weighted by molar-refractivity contribution is 7.89. The molecule has 1 unspecified atom stereocenters. The van der Waals surface area contributed by atoms with Gasteiger partial charge >= 0.3 is 0 Å². The number of nitrogens with two attached hydrogens (primary N) is 1. The maximum atomic E-state index is 13.4. The fourth-order valence-electron chi connectivity index (χ4n) is 2.53. The normalized spacial score (nSPS) is 19.9. The highest BCUT2D eigenvalue weighted by Gasteiger charge is 2.27. The van der Waals surface area contributed by atoms with Crippen LogP contribution in [0.4, 0.5) is 10.1 Å². The summed E-state index contributed by atoms with van der Waals surface area (Å²) in [6.07, 6.45) is 1.89. The molecule has 0 aromatic heterocycles. The van der Waals surface area contributed by atoms with Crippen molar-refractivity contribution in [3.63, 3.8) is 0 Å². The van der Waals surface area contributed by atoms with E-state index in [1.807, 2.05) is 0 Å². The van der Waals surface area contributed by atoms with Crippen LogP contribution in [0, 0.1) is 18.7 Å². The lowest BCUT2D eigenvalue weighted by molar-refractivity contribution is 0.0495. The Morgan fingerprint density at radius 1 is 1.48 bits per heavy atom. The molecule has 5 nitrogen and oxygen atoms in total. The average Bonchev–Trinajstić information content (AvgIpc) is 2.43. The van der Waals surface area contributed by atoms with E-state index in [-0.39, 0.29) is 16.5 Å². The van der Waals surface area contributed by atoms with Gasteiger partial charge in [-0.25, -0.2) is 17.1 Å². The predicted octanol–water partition coefficient (Wildman–Crippen LogP) is 1.76. The summed E-state index contributed by atoms with van der Waals surface area (Å²) in [4.78, 5) is 0.0561. The summed E-state index contributed by atoms with van der Waals surface area (Å²) in [5.41, 5.74) is 5.69. The zero-order valence-corrected chi connectivity index (χ0v) is 13.1. The molecule has 2 rings (SSSR count). The quantitative estimate of drug-likeness (QED) is 0.859. The van der Waals surface area contributed by atoms with Gasteiger partial charge in [-0.3, -0.25) is 0 Å². The number of benzene rings is 1. The van der Waals surface area contributed by atoms with Gasteiger partial charge in [0.05, 0.1) is 17.2 Å². The molecule has 0 aliphatic carbocycles. The number of aryl methyl sites for hydroxylation is 1. The molecular formula is C14H21FN2O3S. The molecule has 1 atom stereocenters. The Balaban J connectivity index is 2.22. The molecule has 7 heteroatoms. The minimum Gasteiger partial charge on any atom is -0.396 e. The number of hydrogen-bond donors (Lipinski definition) is 1. The molecule has 0 bridgehead atoms. The number of ether oxygens (including phenoxy) is 1. The van der Waals surface area contributed by atoms with Crippen LogP contribution in [0.15, 0.2) is 17.0 Å². The number of hydrogen-bond acceptors (Lipinski definition) is 4. The van der Waals surface area contributed by atoms with Crippen LogP contribution >= 0.6 is 0 Å². The largest absolute Gasteiger partial charge is 0.396 e. The first-order valence-corrected chi connectivity index (χ1v) is 8.36.